The molecule has 1 amide bonds. The van der Waals surface area contributed by atoms with Gasteiger partial charge in [0.2, 0.25) is 5.91 Å². The highest BCUT2D eigenvalue weighted by Crippen LogP contribution is 2.52. The summed E-state index contributed by atoms with van der Waals surface area (Å²) in [6.45, 7) is 6.16. The van der Waals surface area contributed by atoms with Crippen LogP contribution in [0, 0.1) is 11.8 Å². The number of carboxylic acid groups (broad SMARTS) is 1. The number of fused-ring (bicyclic) bond motifs is 1. The van der Waals surface area contributed by atoms with Crippen molar-refractivity contribution in [2.45, 2.75) is 31.2 Å². The SMILES string of the molecule is C[C@@H](O)[C@H]1C(=O)N2C(C(=O)O)=C(SC3CN(C4=NCCS4)C3)[C@H](C)[C@H]12.O.O.O.O. The average Bonchev–Trinajstić information content (AvgIpc) is 3.08. The number of aliphatic hydroxyl groups excluding tert-OH is 1. The van der Waals surface area contributed by atoms with E-state index in [1.165, 1.54) is 4.90 Å². The molecule has 2 saturated heterocycles. The van der Waals surface area contributed by atoms with Crippen molar-refractivity contribution in [2.75, 3.05) is 25.4 Å². The molecule has 0 aromatic carbocycles. The van der Waals surface area contributed by atoms with Gasteiger partial charge in [0.1, 0.15) is 5.70 Å². The summed E-state index contributed by atoms with van der Waals surface area (Å²) in [6.07, 6.45) is -0.757. The van der Waals surface area contributed by atoms with Crippen molar-refractivity contribution in [2.24, 2.45) is 16.8 Å². The van der Waals surface area contributed by atoms with Crippen LogP contribution in [-0.4, -0.2) is 102 Å². The average molecular weight is 456 g/mol. The first kappa shape index (κ1) is 27.6. The summed E-state index contributed by atoms with van der Waals surface area (Å²) in [5.74, 6) is -0.841. The molecule has 2 fully saturated rings. The van der Waals surface area contributed by atoms with Crippen LogP contribution in [0.4, 0.5) is 0 Å². The van der Waals surface area contributed by atoms with Gasteiger partial charge in [0, 0.05) is 34.9 Å². The number of thioether (sulfide) groups is 2. The molecule has 4 rings (SSSR count). The van der Waals surface area contributed by atoms with E-state index in [2.05, 4.69) is 9.89 Å². The molecule has 0 radical (unpaired) electrons. The van der Waals surface area contributed by atoms with Crippen molar-refractivity contribution < 1.29 is 41.7 Å². The first-order valence-corrected chi connectivity index (χ1v) is 10.3. The fourth-order valence-electron chi connectivity index (χ4n) is 4.04. The van der Waals surface area contributed by atoms with E-state index in [0.717, 1.165) is 35.5 Å². The molecule has 4 aliphatic heterocycles. The van der Waals surface area contributed by atoms with Gasteiger partial charge in [-0.15, -0.1) is 11.8 Å². The summed E-state index contributed by atoms with van der Waals surface area (Å²) < 4.78 is 0. The van der Waals surface area contributed by atoms with Crippen molar-refractivity contribution in [3.8, 4) is 0 Å². The van der Waals surface area contributed by atoms with Crippen molar-refractivity contribution in [1.29, 1.82) is 0 Å². The van der Waals surface area contributed by atoms with E-state index in [1.54, 1.807) is 30.4 Å². The number of amides is 1. The Kier molecular flexibility index (Phi) is 9.64. The number of hydrogen-bond donors (Lipinski definition) is 2. The number of amidine groups is 1. The lowest BCUT2D eigenvalue weighted by Crippen LogP contribution is -2.63. The first-order chi connectivity index (χ1) is 11.9. The lowest BCUT2D eigenvalue weighted by atomic mass is 9.79. The molecule has 29 heavy (non-hydrogen) atoms. The van der Waals surface area contributed by atoms with Crippen LogP contribution < -0.4 is 0 Å². The van der Waals surface area contributed by atoms with E-state index in [4.69, 9.17) is 0 Å². The topological polar surface area (TPSA) is 219 Å². The summed E-state index contributed by atoms with van der Waals surface area (Å²) in [4.78, 5) is 33.0. The van der Waals surface area contributed by atoms with E-state index in [9.17, 15) is 19.8 Å². The zero-order valence-electron chi connectivity index (χ0n) is 16.1. The number of hydrogen-bond acceptors (Lipinski definition) is 7. The van der Waals surface area contributed by atoms with Crippen LogP contribution in [0.1, 0.15) is 13.8 Å². The molecule has 13 heteroatoms. The Bertz CT molecular complexity index is 696. The van der Waals surface area contributed by atoms with Gasteiger partial charge in [0.25, 0.3) is 0 Å². The minimum atomic E-state index is -1.05. The van der Waals surface area contributed by atoms with Gasteiger partial charge in [-0.1, -0.05) is 18.7 Å². The van der Waals surface area contributed by atoms with Gasteiger partial charge in [-0.3, -0.25) is 9.79 Å². The maximum atomic E-state index is 12.3. The second-order valence-electron chi connectivity index (χ2n) is 6.93. The predicted octanol–water partition coefficient (Wildman–Crippen LogP) is -2.64. The van der Waals surface area contributed by atoms with Crippen LogP contribution in [-0.2, 0) is 9.59 Å². The second-order valence-corrected chi connectivity index (χ2v) is 9.33. The Labute approximate surface area is 176 Å². The maximum absolute atomic E-state index is 12.3. The molecule has 4 atom stereocenters. The molecule has 4 aliphatic rings. The number of rotatable bonds is 4. The third-order valence-electron chi connectivity index (χ3n) is 5.29. The largest absolute Gasteiger partial charge is 0.477 e. The fourth-order valence-corrected chi connectivity index (χ4v) is 6.44. The monoisotopic (exact) mass is 455 g/mol. The van der Waals surface area contributed by atoms with Crippen molar-refractivity contribution in [1.82, 2.24) is 9.80 Å². The quantitative estimate of drug-likeness (QED) is 0.428. The van der Waals surface area contributed by atoms with Gasteiger partial charge < -0.3 is 41.9 Å². The van der Waals surface area contributed by atoms with Crippen molar-refractivity contribution >= 4 is 40.6 Å². The molecule has 0 aliphatic carbocycles. The zero-order chi connectivity index (χ0) is 17.9. The number of aliphatic hydroxyl groups is 1. The summed E-state index contributed by atoms with van der Waals surface area (Å²) in [7, 11) is 0. The molecule has 0 saturated carbocycles. The van der Waals surface area contributed by atoms with E-state index >= 15 is 0 Å². The minimum absolute atomic E-state index is 0. The van der Waals surface area contributed by atoms with Crippen LogP contribution >= 0.6 is 23.5 Å². The van der Waals surface area contributed by atoms with Crippen molar-refractivity contribution in [3.05, 3.63) is 10.6 Å². The predicted molar refractivity (Wildman–Crippen MR) is 112 cm³/mol. The van der Waals surface area contributed by atoms with Gasteiger partial charge in [-0.05, 0) is 6.92 Å². The van der Waals surface area contributed by atoms with Gasteiger partial charge in [-0.25, -0.2) is 4.79 Å². The van der Waals surface area contributed by atoms with Crippen LogP contribution in [0.25, 0.3) is 0 Å². The Hall–Kier alpha value is -1.35. The third-order valence-corrected chi connectivity index (χ3v) is 7.78. The van der Waals surface area contributed by atoms with E-state index in [1.807, 2.05) is 6.92 Å². The molecule has 0 unspecified atom stereocenters. The molecule has 11 nitrogen and oxygen atoms in total. The van der Waals surface area contributed by atoms with E-state index in [-0.39, 0.29) is 45.5 Å². The number of β-lactam (4-membered cyclic amide) rings is 1. The molecule has 0 bridgehead atoms. The lowest BCUT2D eigenvalue weighted by molar-refractivity contribution is -0.163. The summed E-state index contributed by atoms with van der Waals surface area (Å²) in [6, 6.07) is -0.230. The van der Waals surface area contributed by atoms with Crippen LogP contribution in [0.3, 0.4) is 0 Å². The van der Waals surface area contributed by atoms with Gasteiger partial charge >= 0.3 is 5.97 Å². The van der Waals surface area contributed by atoms with Crippen LogP contribution in [0.5, 0.6) is 0 Å². The molecule has 0 aromatic heterocycles. The maximum Gasteiger partial charge on any atom is 0.353 e. The van der Waals surface area contributed by atoms with Gasteiger partial charge in [0.05, 0.1) is 24.6 Å². The van der Waals surface area contributed by atoms with Crippen LogP contribution in [0.15, 0.2) is 15.6 Å². The Morgan fingerprint density at radius 1 is 1.28 bits per heavy atom. The van der Waals surface area contributed by atoms with Gasteiger partial charge in [-0.2, -0.15) is 0 Å². The normalized spacial score (nSPS) is 28.6. The van der Waals surface area contributed by atoms with E-state index < -0.39 is 18.0 Å². The minimum Gasteiger partial charge on any atom is -0.477 e. The molecule has 0 aromatic rings. The Morgan fingerprint density at radius 3 is 2.38 bits per heavy atom. The van der Waals surface area contributed by atoms with Gasteiger partial charge in [0.15, 0.2) is 5.17 Å². The first-order valence-electron chi connectivity index (χ1n) is 8.47. The molecule has 0 spiro atoms. The lowest BCUT2D eigenvalue weighted by Gasteiger charge is -2.46. The highest BCUT2D eigenvalue weighted by molar-refractivity contribution is 8.14. The number of aliphatic imine (C=N–C) groups is 1. The number of likely N-dealkylation sites (tertiary alicyclic amines) is 1. The molecule has 10 N–H and O–H groups in total. The molecule has 168 valence electrons. The molecule has 4 heterocycles. The number of carboxylic acids is 1. The number of aliphatic carboxylic acids is 1. The standard InChI is InChI=1S/C16H21N3O4S2.4H2O/c1-7-11-10(8(2)20)14(21)19(11)12(15(22)23)13(7)25-9-5-18(6-9)16-17-3-4-24-16;;;;/h7-11,20H,3-6H2,1-2H3,(H,22,23);4*1H2/t7-,8-,10-,11-;;;;/m1..../s1. The van der Waals surface area contributed by atoms with Crippen LogP contribution in [0.2, 0.25) is 0 Å². The van der Waals surface area contributed by atoms with Crippen molar-refractivity contribution in [3.63, 3.8) is 0 Å². The third kappa shape index (κ3) is 4.26. The summed E-state index contributed by atoms with van der Waals surface area (Å²) >= 11 is 3.35. The Balaban J connectivity index is 0.00000196. The highest BCUT2D eigenvalue weighted by Gasteiger charge is 2.60. The zero-order valence-corrected chi connectivity index (χ0v) is 17.7. The highest BCUT2D eigenvalue weighted by atomic mass is 32.2. The number of carbonyl (C=O) groups excluding carboxylic acids is 1. The smallest absolute Gasteiger partial charge is 0.353 e. The fraction of sp³-hybridized carbons (Fsp3) is 0.688. The molecular formula is C16H29N3O8S2. The number of nitrogens with zero attached hydrogens (tertiary/aromatic N) is 3. The molecular weight excluding hydrogens is 426 g/mol. The number of carbonyl (C=O) groups is 2. The van der Waals surface area contributed by atoms with E-state index in [0.29, 0.717) is 5.25 Å². The summed E-state index contributed by atoms with van der Waals surface area (Å²) in [5, 5.41) is 20.9. The second kappa shape index (κ2) is 10.1. The Morgan fingerprint density at radius 2 is 1.90 bits per heavy atom. The summed E-state index contributed by atoms with van der Waals surface area (Å²) in [5.41, 5.74) is 0.121.